The fourth-order valence-corrected chi connectivity index (χ4v) is 1.74. The third-order valence-electron chi connectivity index (χ3n) is 2.44. The summed E-state index contributed by atoms with van der Waals surface area (Å²) in [7, 11) is 0. The van der Waals surface area contributed by atoms with E-state index in [1.54, 1.807) is 6.20 Å². The summed E-state index contributed by atoms with van der Waals surface area (Å²) in [6, 6.07) is 3.86. The van der Waals surface area contributed by atoms with Crippen LogP contribution in [0.5, 0.6) is 0 Å². The third-order valence-corrected chi connectivity index (χ3v) is 2.44. The van der Waals surface area contributed by atoms with Gasteiger partial charge in [0.25, 0.3) is 0 Å². The van der Waals surface area contributed by atoms with E-state index in [-0.39, 0.29) is 6.61 Å². The largest absolute Gasteiger partial charge is 0.396 e. The van der Waals surface area contributed by atoms with Crippen LogP contribution in [-0.4, -0.2) is 26.2 Å². The van der Waals surface area contributed by atoms with Crippen molar-refractivity contribution in [2.45, 2.75) is 26.3 Å². The Morgan fingerprint density at radius 1 is 1.47 bits per heavy atom. The highest BCUT2D eigenvalue weighted by atomic mass is 16.3. The first kappa shape index (κ1) is 10.1. The highest BCUT2D eigenvalue weighted by Crippen LogP contribution is 2.14. The van der Waals surface area contributed by atoms with Crippen LogP contribution in [0.3, 0.4) is 0 Å². The number of fused-ring (bicyclic) bond motifs is 1. The first-order valence-electron chi connectivity index (χ1n) is 5.27. The van der Waals surface area contributed by atoms with Crippen molar-refractivity contribution in [1.29, 1.82) is 0 Å². The standard InChI is InChI=1S/C11H15N3O/c1-2-10-13-9-5-3-6-12-11(9)14(10)7-4-8-15/h3,5-6,15H,2,4,7-8H2,1H3. The molecule has 0 unspecified atom stereocenters. The zero-order chi connectivity index (χ0) is 10.7. The van der Waals surface area contributed by atoms with Gasteiger partial charge < -0.3 is 9.67 Å². The monoisotopic (exact) mass is 205 g/mol. The maximum absolute atomic E-state index is 8.85. The normalized spacial score (nSPS) is 11.1. The van der Waals surface area contributed by atoms with Gasteiger partial charge in [0.05, 0.1) is 0 Å². The lowest BCUT2D eigenvalue weighted by atomic mass is 10.4. The number of aliphatic hydroxyl groups excluding tert-OH is 1. The van der Waals surface area contributed by atoms with Crippen LogP contribution in [0.4, 0.5) is 0 Å². The molecule has 0 aliphatic carbocycles. The van der Waals surface area contributed by atoms with Crippen molar-refractivity contribution >= 4 is 11.2 Å². The summed E-state index contributed by atoms with van der Waals surface area (Å²) in [5.41, 5.74) is 1.86. The Morgan fingerprint density at radius 3 is 3.07 bits per heavy atom. The molecule has 0 saturated heterocycles. The predicted octanol–water partition coefficient (Wildman–Crippen LogP) is 1.38. The van der Waals surface area contributed by atoms with Gasteiger partial charge in [0, 0.05) is 25.8 Å². The lowest BCUT2D eigenvalue weighted by Gasteiger charge is -2.05. The van der Waals surface area contributed by atoms with Crippen LogP contribution in [-0.2, 0) is 13.0 Å². The second kappa shape index (κ2) is 4.40. The van der Waals surface area contributed by atoms with Crippen molar-refractivity contribution in [3.8, 4) is 0 Å². The minimum absolute atomic E-state index is 0.204. The molecule has 0 amide bonds. The van der Waals surface area contributed by atoms with Gasteiger partial charge in [-0.1, -0.05) is 6.92 Å². The fraction of sp³-hybridized carbons (Fsp3) is 0.455. The topological polar surface area (TPSA) is 50.9 Å². The highest BCUT2D eigenvalue weighted by molar-refractivity contribution is 5.71. The number of imidazole rings is 1. The molecular weight excluding hydrogens is 190 g/mol. The molecule has 2 heterocycles. The van der Waals surface area contributed by atoms with E-state index in [2.05, 4.69) is 21.5 Å². The van der Waals surface area contributed by atoms with Gasteiger partial charge in [-0.25, -0.2) is 9.97 Å². The molecule has 0 atom stereocenters. The van der Waals surface area contributed by atoms with Crippen LogP contribution in [0, 0.1) is 0 Å². The molecule has 1 N–H and O–H groups in total. The summed E-state index contributed by atoms with van der Waals surface area (Å²) in [5.74, 6) is 1.04. The van der Waals surface area contributed by atoms with Gasteiger partial charge in [-0.05, 0) is 18.6 Å². The van der Waals surface area contributed by atoms with Gasteiger partial charge >= 0.3 is 0 Å². The number of aryl methyl sites for hydroxylation is 2. The smallest absolute Gasteiger partial charge is 0.159 e. The van der Waals surface area contributed by atoms with Crippen molar-refractivity contribution in [3.05, 3.63) is 24.2 Å². The van der Waals surface area contributed by atoms with Crippen LogP contribution in [0.15, 0.2) is 18.3 Å². The fourth-order valence-electron chi connectivity index (χ4n) is 1.74. The molecule has 0 aliphatic heterocycles. The molecule has 0 bridgehead atoms. The third kappa shape index (κ3) is 1.85. The van der Waals surface area contributed by atoms with Crippen molar-refractivity contribution in [2.75, 3.05) is 6.61 Å². The molecule has 4 nitrogen and oxygen atoms in total. The summed E-state index contributed by atoms with van der Waals surface area (Å²) in [5, 5.41) is 8.85. The number of hydrogen-bond acceptors (Lipinski definition) is 3. The van der Waals surface area contributed by atoms with Crippen molar-refractivity contribution in [2.24, 2.45) is 0 Å². The van der Waals surface area contributed by atoms with Gasteiger partial charge in [-0.3, -0.25) is 0 Å². The predicted molar refractivity (Wildman–Crippen MR) is 58.6 cm³/mol. The molecule has 0 spiro atoms. The summed E-state index contributed by atoms with van der Waals surface area (Å²) in [6.07, 6.45) is 3.41. The van der Waals surface area contributed by atoms with E-state index in [4.69, 9.17) is 5.11 Å². The molecule has 0 fully saturated rings. The summed E-state index contributed by atoms with van der Waals surface area (Å²) >= 11 is 0. The van der Waals surface area contributed by atoms with E-state index >= 15 is 0 Å². The molecule has 15 heavy (non-hydrogen) atoms. The zero-order valence-electron chi connectivity index (χ0n) is 8.85. The Morgan fingerprint density at radius 2 is 2.33 bits per heavy atom. The van der Waals surface area contributed by atoms with E-state index in [0.717, 1.165) is 36.4 Å². The van der Waals surface area contributed by atoms with Gasteiger partial charge in [0.15, 0.2) is 5.65 Å². The second-order valence-electron chi connectivity index (χ2n) is 3.46. The molecule has 4 heteroatoms. The molecule has 2 rings (SSSR count). The van der Waals surface area contributed by atoms with Crippen molar-refractivity contribution < 1.29 is 5.11 Å². The quantitative estimate of drug-likeness (QED) is 0.820. The lowest BCUT2D eigenvalue weighted by molar-refractivity contribution is 0.279. The Labute approximate surface area is 88.6 Å². The first-order valence-corrected chi connectivity index (χ1v) is 5.27. The van der Waals surface area contributed by atoms with E-state index in [9.17, 15) is 0 Å². The Bertz CT molecular complexity index is 450. The lowest BCUT2D eigenvalue weighted by Crippen LogP contribution is -2.05. The number of aromatic nitrogens is 3. The molecule has 2 aromatic rings. The number of aliphatic hydroxyl groups is 1. The van der Waals surface area contributed by atoms with E-state index < -0.39 is 0 Å². The zero-order valence-corrected chi connectivity index (χ0v) is 8.85. The van der Waals surface area contributed by atoms with Gasteiger partial charge in [0.1, 0.15) is 11.3 Å². The molecule has 0 saturated carbocycles. The van der Waals surface area contributed by atoms with Crippen molar-refractivity contribution in [3.63, 3.8) is 0 Å². The van der Waals surface area contributed by atoms with Gasteiger partial charge in [0.2, 0.25) is 0 Å². The summed E-state index contributed by atoms with van der Waals surface area (Å²) in [6.45, 7) is 3.07. The average Bonchev–Trinajstić information content (AvgIpc) is 2.64. The van der Waals surface area contributed by atoms with E-state index in [1.165, 1.54) is 0 Å². The minimum Gasteiger partial charge on any atom is -0.396 e. The van der Waals surface area contributed by atoms with Gasteiger partial charge in [-0.2, -0.15) is 0 Å². The number of nitrogens with zero attached hydrogens (tertiary/aromatic N) is 3. The number of hydrogen-bond donors (Lipinski definition) is 1. The SMILES string of the molecule is CCc1nc2cccnc2n1CCCO. The summed E-state index contributed by atoms with van der Waals surface area (Å²) in [4.78, 5) is 8.82. The maximum atomic E-state index is 8.85. The van der Waals surface area contributed by atoms with E-state index in [1.807, 2.05) is 12.1 Å². The minimum atomic E-state index is 0.204. The second-order valence-corrected chi connectivity index (χ2v) is 3.46. The van der Waals surface area contributed by atoms with Crippen molar-refractivity contribution in [1.82, 2.24) is 14.5 Å². The number of rotatable bonds is 4. The van der Waals surface area contributed by atoms with Crippen LogP contribution in [0.2, 0.25) is 0 Å². The molecule has 2 aromatic heterocycles. The van der Waals surface area contributed by atoms with Crippen LogP contribution in [0.25, 0.3) is 11.2 Å². The van der Waals surface area contributed by atoms with E-state index in [0.29, 0.717) is 0 Å². The number of pyridine rings is 1. The molecule has 0 radical (unpaired) electrons. The Kier molecular flexibility index (Phi) is 2.97. The Balaban J connectivity index is 2.47. The van der Waals surface area contributed by atoms with Crippen LogP contribution >= 0.6 is 0 Å². The molecular formula is C11H15N3O. The average molecular weight is 205 g/mol. The molecule has 0 aromatic carbocycles. The first-order chi connectivity index (χ1) is 7.36. The molecule has 0 aliphatic rings. The molecule has 80 valence electrons. The summed E-state index contributed by atoms with van der Waals surface area (Å²) < 4.78 is 2.09. The maximum Gasteiger partial charge on any atom is 0.159 e. The Hall–Kier alpha value is -1.42. The highest BCUT2D eigenvalue weighted by Gasteiger charge is 2.08. The van der Waals surface area contributed by atoms with Crippen LogP contribution < -0.4 is 0 Å². The van der Waals surface area contributed by atoms with Gasteiger partial charge in [-0.15, -0.1) is 0 Å². The van der Waals surface area contributed by atoms with Crippen LogP contribution in [0.1, 0.15) is 19.2 Å².